The Labute approximate surface area is 144 Å². The van der Waals surface area contributed by atoms with Gasteiger partial charge in [0.05, 0.1) is 12.1 Å². The molecule has 1 aromatic rings. The van der Waals surface area contributed by atoms with E-state index in [0.29, 0.717) is 36.1 Å². The van der Waals surface area contributed by atoms with Gasteiger partial charge in [0.15, 0.2) is 0 Å². The summed E-state index contributed by atoms with van der Waals surface area (Å²) in [6, 6.07) is -0.867. The summed E-state index contributed by atoms with van der Waals surface area (Å²) in [6.07, 6.45) is 2.92. The number of nitrogens with two attached hydrogens (primary N) is 2. The van der Waals surface area contributed by atoms with Gasteiger partial charge in [-0.1, -0.05) is 0 Å². The van der Waals surface area contributed by atoms with Gasteiger partial charge in [-0.3, -0.25) is 9.35 Å². The van der Waals surface area contributed by atoms with Gasteiger partial charge in [-0.05, 0) is 32.1 Å². The van der Waals surface area contributed by atoms with Crippen LogP contribution in [0.1, 0.15) is 62.3 Å². The predicted molar refractivity (Wildman–Crippen MR) is 82.9 cm³/mol. The highest BCUT2D eigenvalue weighted by Gasteiger charge is 2.36. The van der Waals surface area contributed by atoms with Crippen LogP contribution in [-0.2, 0) is 19.5 Å². The van der Waals surface area contributed by atoms with E-state index in [1.165, 1.54) is 0 Å². The number of aromatic nitrogens is 2. The molecule has 2 heterocycles. The molecule has 0 radical (unpaired) electrons. The summed E-state index contributed by atoms with van der Waals surface area (Å²) in [7, 11) is -4.75. The van der Waals surface area contributed by atoms with Crippen molar-refractivity contribution in [3.05, 3.63) is 11.8 Å². The summed E-state index contributed by atoms with van der Waals surface area (Å²) in [5, 5.41) is 8.64. The Morgan fingerprint density at radius 2 is 2.12 bits per heavy atom. The molecule has 1 saturated heterocycles. The fourth-order valence-corrected chi connectivity index (χ4v) is 3.51. The Kier molecular flexibility index (Phi) is 5.06. The fraction of sp³-hybridized carbons (Fsp3) is 0.769. The zero-order valence-corrected chi connectivity index (χ0v) is 14.3. The Morgan fingerprint density at radius 1 is 1.40 bits per heavy atom. The van der Waals surface area contributed by atoms with Crippen molar-refractivity contribution in [1.29, 1.82) is 0 Å². The van der Waals surface area contributed by atoms with Crippen LogP contribution in [0.4, 0.5) is 0 Å². The molecule has 2 atom stereocenters. The Bertz CT molecular complexity index is 731. The monoisotopic (exact) mass is 375 g/mol. The van der Waals surface area contributed by atoms with Crippen LogP contribution in [0.5, 0.6) is 0 Å². The van der Waals surface area contributed by atoms with Gasteiger partial charge in [0.2, 0.25) is 17.7 Å². The molecule has 5 N–H and O–H groups in total. The highest BCUT2D eigenvalue weighted by Crippen LogP contribution is 2.35. The maximum Gasteiger partial charge on any atom is 0.418 e. The number of carbonyl (C=O) groups excluding carboxylic acids is 1. The second-order valence-corrected chi connectivity index (χ2v) is 7.51. The van der Waals surface area contributed by atoms with Gasteiger partial charge < -0.3 is 15.9 Å². The van der Waals surface area contributed by atoms with Gasteiger partial charge in [0.25, 0.3) is 0 Å². The summed E-state index contributed by atoms with van der Waals surface area (Å²) >= 11 is 0. The van der Waals surface area contributed by atoms with E-state index < -0.39 is 28.4 Å². The van der Waals surface area contributed by atoms with Crippen LogP contribution in [0.15, 0.2) is 4.42 Å². The first-order valence-corrected chi connectivity index (χ1v) is 9.43. The van der Waals surface area contributed by atoms with E-state index in [4.69, 9.17) is 20.4 Å². The van der Waals surface area contributed by atoms with Gasteiger partial charge in [-0.25, -0.2) is 0 Å². The maximum absolute atomic E-state index is 11.7. The minimum atomic E-state index is -4.75. The molecule has 1 aliphatic carbocycles. The van der Waals surface area contributed by atoms with E-state index >= 15 is 0 Å². The lowest BCUT2D eigenvalue weighted by Crippen LogP contribution is -2.35. The molecule has 12 heteroatoms. The molecule has 1 amide bonds. The zero-order valence-electron chi connectivity index (χ0n) is 13.4. The summed E-state index contributed by atoms with van der Waals surface area (Å²) in [4.78, 5) is 11.7. The van der Waals surface area contributed by atoms with E-state index in [-0.39, 0.29) is 18.4 Å². The van der Waals surface area contributed by atoms with Crippen molar-refractivity contribution in [2.45, 2.75) is 62.6 Å². The summed E-state index contributed by atoms with van der Waals surface area (Å²) in [5.74, 6) is 0.494. The Balaban J connectivity index is 1.54. The fourth-order valence-electron chi connectivity index (χ4n) is 3.11. The van der Waals surface area contributed by atoms with E-state index in [1.807, 2.05) is 0 Å². The third kappa shape index (κ3) is 4.33. The van der Waals surface area contributed by atoms with E-state index in [9.17, 15) is 13.2 Å². The van der Waals surface area contributed by atoms with Gasteiger partial charge >= 0.3 is 10.4 Å². The molecule has 1 saturated carbocycles. The van der Waals surface area contributed by atoms with Crippen LogP contribution in [0.2, 0.25) is 0 Å². The standard InChI is InChI=1S/C13H21N5O6S/c14-8-5-7(6-8)12-16-17-13(23-12)10(15)3-1-9-2-4-11(19)18(9)24-25(20,21)22/h7-10H,1-6,14-15H2,(H,20,21,22)/t7?,8?,9-,10+/m1/s1. The van der Waals surface area contributed by atoms with E-state index in [2.05, 4.69) is 14.5 Å². The molecular formula is C13H21N5O6S. The van der Waals surface area contributed by atoms with Crippen LogP contribution >= 0.6 is 0 Å². The number of hydrogen-bond donors (Lipinski definition) is 3. The molecule has 140 valence electrons. The second-order valence-electron chi connectivity index (χ2n) is 6.51. The molecule has 2 aliphatic rings. The average Bonchev–Trinajstić information content (AvgIpc) is 3.09. The topological polar surface area (TPSA) is 175 Å². The lowest BCUT2D eigenvalue weighted by Gasteiger charge is -2.29. The van der Waals surface area contributed by atoms with Crippen LogP contribution < -0.4 is 11.5 Å². The largest absolute Gasteiger partial charge is 0.423 e. The lowest BCUT2D eigenvalue weighted by molar-refractivity contribution is -0.157. The van der Waals surface area contributed by atoms with Crippen molar-refractivity contribution in [2.24, 2.45) is 11.5 Å². The zero-order chi connectivity index (χ0) is 18.2. The van der Waals surface area contributed by atoms with Crippen LogP contribution in [0.3, 0.4) is 0 Å². The third-order valence-electron chi connectivity index (χ3n) is 4.55. The van der Waals surface area contributed by atoms with Crippen molar-refractivity contribution in [3.63, 3.8) is 0 Å². The molecular weight excluding hydrogens is 354 g/mol. The molecule has 1 aliphatic heterocycles. The van der Waals surface area contributed by atoms with Gasteiger partial charge in [-0.15, -0.1) is 14.5 Å². The summed E-state index contributed by atoms with van der Waals surface area (Å²) in [5.41, 5.74) is 11.8. The first-order chi connectivity index (χ1) is 11.7. The minimum Gasteiger partial charge on any atom is -0.423 e. The Hall–Kier alpha value is -1.60. The average molecular weight is 375 g/mol. The molecule has 1 aromatic heterocycles. The van der Waals surface area contributed by atoms with Crippen molar-refractivity contribution in [2.75, 3.05) is 0 Å². The number of hydroxylamine groups is 2. The SMILES string of the molecule is NC1CC(c2nnc([C@@H](N)CC[C@@H]3CCC(=O)N3OS(=O)(=O)O)o2)C1. The van der Waals surface area contributed by atoms with Crippen LogP contribution in [0.25, 0.3) is 0 Å². The lowest BCUT2D eigenvalue weighted by atomic mass is 9.81. The molecule has 2 fully saturated rings. The third-order valence-corrected chi connectivity index (χ3v) is 4.90. The second kappa shape index (κ2) is 6.96. The van der Waals surface area contributed by atoms with E-state index in [1.54, 1.807) is 0 Å². The first kappa shape index (κ1) is 18.2. The number of carbonyl (C=O) groups is 1. The van der Waals surface area contributed by atoms with Gasteiger partial charge in [-0.2, -0.15) is 13.5 Å². The number of rotatable bonds is 7. The van der Waals surface area contributed by atoms with E-state index in [0.717, 1.165) is 12.8 Å². The number of amides is 1. The van der Waals surface area contributed by atoms with Crippen LogP contribution in [0, 0.1) is 0 Å². The summed E-state index contributed by atoms with van der Waals surface area (Å²) in [6.45, 7) is 0. The maximum atomic E-state index is 11.7. The van der Waals surface area contributed by atoms with Gasteiger partial charge in [0, 0.05) is 18.4 Å². The molecule has 0 aromatic carbocycles. The van der Waals surface area contributed by atoms with Gasteiger partial charge in [0.1, 0.15) is 0 Å². The minimum absolute atomic E-state index is 0.141. The highest BCUT2D eigenvalue weighted by molar-refractivity contribution is 7.80. The predicted octanol–water partition coefficient (Wildman–Crippen LogP) is -0.220. The smallest absolute Gasteiger partial charge is 0.418 e. The molecule has 0 bridgehead atoms. The molecule has 11 nitrogen and oxygen atoms in total. The quantitative estimate of drug-likeness (QED) is 0.540. The highest BCUT2D eigenvalue weighted by atomic mass is 32.3. The molecule has 3 rings (SSSR count). The molecule has 25 heavy (non-hydrogen) atoms. The first-order valence-electron chi connectivity index (χ1n) is 8.06. The van der Waals surface area contributed by atoms with Crippen molar-refractivity contribution in [3.8, 4) is 0 Å². The number of hydrogen-bond acceptors (Lipinski definition) is 9. The normalized spacial score (nSPS) is 28.2. The van der Waals surface area contributed by atoms with Crippen molar-refractivity contribution < 1.29 is 26.5 Å². The molecule has 0 unspecified atom stereocenters. The van der Waals surface area contributed by atoms with Crippen LogP contribution in [-0.4, -0.2) is 46.2 Å². The van der Waals surface area contributed by atoms with Crippen molar-refractivity contribution >= 4 is 16.3 Å². The summed E-state index contributed by atoms with van der Waals surface area (Å²) < 4.78 is 40.4. The Morgan fingerprint density at radius 3 is 2.76 bits per heavy atom. The number of nitrogens with zero attached hydrogens (tertiary/aromatic N) is 3. The van der Waals surface area contributed by atoms with Crippen molar-refractivity contribution in [1.82, 2.24) is 15.3 Å². The molecule has 0 spiro atoms.